The minimum atomic E-state index is -2.96. The van der Waals surface area contributed by atoms with Gasteiger partial charge in [0.15, 0.2) is 0 Å². The van der Waals surface area contributed by atoms with Gasteiger partial charge in [-0.2, -0.15) is 8.78 Å². The van der Waals surface area contributed by atoms with Gasteiger partial charge < -0.3 is 18.8 Å². The normalized spacial score (nSPS) is 10.8. The molecule has 10 heteroatoms. The number of aromatic nitrogens is 1. The molecule has 33 heavy (non-hydrogen) atoms. The van der Waals surface area contributed by atoms with E-state index in [2.05, 4.69) is 9.47 Å². The van der Waals surface area contributed by atoms with E-state index in [1.165, 1.54) is 35.9 Å². The van der Waals surface area contributed by atoms with Crippen LogP contribution in [0.25, 0.3) is 0 Å². The van der Waals surface area contributed by atoms with Gasteiger partial charge in [-0.25, -0.2) is 4.79 Å². The van der Waals surface area contributed by atoms with E-state index in [9.17, 15) is 18.4 Å². The van der Waals surface area contributed by atoms with Gasteiger partial charge in [-0.3, -0.25) is 4.79 Å². The SMILES string of the molecule is COC(=O)c1ccc(CCn2c(COc3cccc(OC(F)F)c3)c(Cl)cc(Cl)c2=O)cc1. The lowest BCUT2D eigenvalue weighted by molar-refractivity contribution is -0.0499. The Balaban J connectivity index is 1.78. The van der Waals surface area contributed by atoms with Crippen LogP contribution in [-0.2, 0) is 24.3 Å². The Bertz CT molecular complexity index is 1180. The predicted octanol–water partition coefficient (Wildman–Crippen LogP) is 5.36. The number of aryl methyl sites for hydroxylation is 1. The van der Waals surface area contributed by atoms with Crippen molar-refractivity contribution in [3.05, 3.63) is 91.8 Å². The summed E-state index contributed by atoms with van der Waals surface area (Å²) in [6.45, 7) is -2.83. The van der Waals surface area contributed by atoms with Crippen molar-refractivity contribution in [1.29, 1.82) is 0 Å². The summed E-state index contributed by atoms with van der Waals surface area (Å²) >= 11 is 12.4. The second kappa shape index (κ2) is 11.2. The molecule has 0 aliphatic heterocycles. The van der Waals surface area contributed by atoms with Crippen molar-refractivity contribution in [2.24, 2.45) is 0 Å². The third-order valence-electron chi connectivity index (χ3n) is 4.71. The molecule has 0 atom stereocenters. The van der Waals surface area contributed by atoms with E-state index >= 15 is 0 Å². The van der Waals surface area contributed by atoms with Gasteiger partial charge in [0.05, 0.1) is 23.4 Å². The maximum atomic E-state index is 12.7. The van der Waals surface area contributed by atoms with Crippen LogP contribution in [0.15, 0.2) is 59.4 Å². The molecule has 174 valence electrons. The molecule has 0 saturated heterocycles. The number of methoxy groups -OCH3 is 1. The van der Waals surface area contributed by atoms with Crippen LogP contribution in [0.3, 0.4) is 0 Å². The van der Waals surface area contributed by atoms with E-state index < -0.39 is 18.1 Å². The first kappa shape index (κ1) is 24.5. The van der Waals surface area contributed by atoms with Crippen molar-refractivity contribution in [1.82, 2.24) is 4.57 Å². The summed E-state index contributed by atoms with van der Waals surface area (Å²) in [5.74, 6) is -0.240. The summed E-state index contributed by atoms with van der Waals surface area (Å²) in [4.78, 5) is 24.3. The summed E-state index contributed by atoms with van der Waals surface area (Å²) in [5, 5.41) is 0.178. The third kappa shape index (κ3) is 6.46. The highest BCUT2D eigenvalue weighted by molar-refractivity contribution is 6.34. The first-order chi connectivity index (χ1) is 15.8. The standard InChI is InChI=1S/C23H19Cl2F2NO5/c1-31-22(30)15-7-5-14(6-8-15)9-10-28-20(18(24)12-19(25)21(28)29)13-32-16-3-2-4-17(11-16)33-23(26)27/h2-8,11-12,23H,9-10,13H2,1H3. The molecule has 3 rings (SSSR count). The molecule has 1 aromatic heterocycles. The number of esters is 1. The van der Waals surface area contributed by atoms with E-state index in [0.29, 0.717) is 17.7 Å². The molecule has 1 heterocycles. The van der Waals surface area contributed by atoms with Crippen LogP contribution < -0.4 is 15.0 Å². The molecule has 0 unspecified atom stereocenters. The highest BCUT2D eigenvalue weighted by Gasteiger charge is 2.15. The summed E-state index contributed by atoms with van der Waals surface area (Å²) in [6, 6.07) is 13.9. The highest BCUT2D eigenvalue weighted by atomic mass is 35.5. The molecule has 0 aliphatic carbocycles. The number of carbonyl (C=O) groups excluding carboxylic acids is 1. The van der Waals surface area contributed by atoms with Gasteiger partial charge in [0.2, 0.25) is 0 Å². The fourth-order valence-corrected chi connectivity index (χ4v) is 3.61. The maximum absolute atomic E-state index is 12.7. The Morgan fingerprint density at radius 3 is 2.39 bits per heavy atom. The Kier molecular flexibility index (Phi) is 8.30. The average molecular weight is 498 g/mol. The number of carbonyl (C=O) groups is 1. The van der Waals surface area contributed by atoms with Gasteiger partial charge in [0.1, 0.15) is 23.1 Å². The predicted molar refractivity (Wildman–Crippen MR) is 120 cm³/mol. The van der Waals surface area contributed by atoms with Crippen molar-refractivity contribution in [2.45, 2.75) is 26.2 Å². The lowest BCUT2D eigenvalue weighted by Crippen LogP contribution is -2.26. The van der Waals surface area contributed by atoms with Crippen LogP contribution >= 0.6 is 23.2 Å². The van der Waals surface area contributed by atoms with Gasteiger partial charge >= 0.3 is 12.6 Å². The van der Waals surface area contributed by atoms with Crippen LogP contribution in [0.1, 0.15) is 21.6 Å². The molecular formula is C23H19Cl2F2NO5. The number of hydrogen-bond acceptors (Lipinski definition) is 5. The summed E-state index contributed by atoms with van der Waals surface area (Å²) < 4.78 is 41.0. The molecule has 0 fully saturated rings. The monoisotopic (exact) mass is 497 g/mol. The Labute approximate surface area is 198 Å². The maximum Gasteiger partial charge on any atom is 0.387 e. The van der Waals surface area contributed by atoms with Crippen LogP contribution in [-0.4, -0.2) is 24.3 Å². The second-order valence-corrected chi connectivity index (χ2v) is 7.64. The fourth-order valence-electron chi connectivity index (χ4n) is 3.08. The minimum absolute atomic E-state index is 0.0443. The molecule has 2 aromatic carbocycles. The van der Waals surface area contributed by atoms with Crippen LogP contribution in [0.4, 0.5) is 8.78 Å². The molecular weight excluding hydrogens is 479 g/mol. The number of rotatable bonds is 9. The first-order valence-corrected chi connectivity index (χ1v) is 10.5. The van der Waals surface area contributed by atoms with E-state index in [0.717, 1.165) is 5.56 Å². The van der Waals surface area contributed by atoms with E-state index in [1.54, 1.807) is 30.3 Å². The summed E-state index contributed by atoms with van der Waals surface area (Å²) in [5.41, 5.74) is 1.21. The molecule has 0 N–H and O–H groups in total. The molecule has 0 saturated carbocycles. The third-order valence-corrected chi connectivity index (χ3v) is 5.31. The molecule has 0 spiro atoms. The van der Waals surface area contributed by atoms with Crippen molar-refractivity contribution in [3.63, 3.8) is 0 Å². The summed E-state index contributed by atoms with van der Waals surface area (Å²) in [7, 11) is 1.30. The summed E-state index contributed by atoms with van der Waals surface area (Å²) in [6.07, 6.45) is 0.447. The Hall–Kier alpha value is -3.10. The Morgan fingerprint density at radius 1 is 1.03 bits per heavy atom. The number of alkyl halides is 2. The zero-order chi connectivity index (χ0) is 24.0. The smallest absolute Gasteiger partial charge is 0.387 e. The topological polar surface area (TPSA) is 66.8 Å². The molecule has 0 radical (unpaired) electrons. The number of halogens is 4. The van der Waals surface area contributed by atoms with Crippen LogP contribution in [0.2, 0.25) is 10.0 Å². The van der Waals surface area contributed by atoms with Gasteiger partial charge in [0.25, 0.3) is 5.56 Å². The van der Waals surface area contributed by atoms with Crippen molar-refractivity contribution >= 4 is 29.2 Å². The van der Waals surface area contributed by atoms with Crippen molar-refractivity contribution in [3.8, 4) is 11.5 Å². The zero-order valence-corrected chi connectivity index (χ0v) is 18.9. The molecule has 0 aliphatic rings. The van der Waals surface area contributed by atoms with Crippen LogP contribution in [0, 0.1) is 0 Å². The first-order valence-electron chi connectivity index (χ1n) is 9.71. The van der Waals surface area contributed by atoms with Crippen molar-refractivity contribution in [2.75, 3.05) is 7.11 Å². The molecule has 0 amide bonds. The second-order valence-electron chi connectivity index (χ2n) is 6.82. The van der Waals surface area contributed by atoms with Gasteiger partial charge in [-0.15, -0.1) is 0 Å². The number of pyridine rings is 1. The largest absolute Gasteiger partial charge is 0.487 e. The minimum Gasteiger partial charge on any atom is -0.487 e. The lowest BCUT2D eigenvalue weighted by Gasteiger charge is -2.16. The van der Waals surface area contributed by atoms with Gasteiger partial charge in [-0.05, 0) is 42.3 Å². The van der Waals surface area contributed by atoms with Gasteiger partial charge in [0, 0.05) is 12.6 Å². The highest BCUT2D eigenvalue weighted by Crippen LogP contribution is 2.24. The number of hydrogen-bond donors (Lipinski definition) is 0. The van der Waals surface area contributed by atoms with Crippen molar-refractivity contribution < 1.29 is 27.8 Å². The number of benzene rings is 2. The molecule has 6 nitrogen and oxygen atoms in total. The molecule has 3 aromatic rings. The number of ether oxygens (including phenoxy) is 3. The van der Waals surface area contributed by atoms with Crippen LogP contribution in [0.5, 0.6) is 11.5 Å². The zero-order valence-electron chi connectivity index (χ0n) is 17.4. The quantitative estimate of drug-likeness (QED) is 0.372. The van der Waals surface area contributed by atoms with E-state index in [4.69, 9.17) is 27.9 Å². The Morgan fingerprint density at radius 2 is 1.73 bits per heavy atom. The molecule has 0 bridgehead atoms. The van der Waals surface area contributed by atoms with E-state index in [-0.39, 0.29) is 34.7 Å². The average Bonchev–Trinajstić information content (AvgIpc) is 2.79. The fraction of sp³-hybridized carbons (Fsp3) is 0.217. The number of nitrogens with zero attached hydrogens (tertiary/aromatic N) is 1. The van der Waals surface area contributed by atoms with Gasteiger partial charge in [-0.1, -0.05) is 41.4 Å². The van der Waals surface area contributed by atoms with E-state index in [1.807, 2.05) is 0 Å². The lowest BCUT2D eigenvalue weighted by atomic mass is 10.1.